The third kappa shape index (κ3) is 1.79. The molecule has 1 N–H and O–H groups in total. The smallest absolute Gasteiger partial charge is 0.131 e. The minimum absolute atomic E-state index is 0.810. The highest BCUT2D eigenvalue weighted by Gasteiger charge is 2.16. The monoisotopic (exact) mass is 215 g/mol. The number of aromatic nitrogens is 1. The molecule has 4 heteroatoms. The van der Waals surface area contributed by atoms with E-state index in [2.05, 4.69) is 21.3 Å². The molecule has 0 spiro atoms. The van der Waals surface area contributed by atoms with E-state index in [-0.39, 0.29) is 0 Å². The van der Waals surface area contributed by atoms with Crippen LogP contribution in [0.25, 0.3) is 0 Å². The number of hydrogen-bond acceptors (Lipinski definition) is 4. The van der Waals surface area contributed by atoms with Gasteiger partial charge in [-0.3, -0.25) is 4.90 Å². The number of anilines is 1. The highest BCUT2D eigenvalue weighted by Crippen LogP contribution is 2.20. The fraction of sp³-hybridized carbons (Fsp3) is 0.250. The minimum Gasteiger partial charge on any atom is -0.468 e. The van der Waals surface area contributed by atoms with Gasteiger partial charge in [0, 0.05) is 18.3 Å². The Morgan fingerprint density at radius 3 is 3.25 bits per heavy atom. The molecule has 1 aliphatic rings. The molecule has 82 valence electrons. The lowest BCUT2D eigenvalue weighted by molar-refractivity contribution is 0.243. The summed E-state index contributed by atoms with van der Waals surface area (Å²) in [6, 6.07) is 7.99. The second-order valence-corrected chi connectivity index (χ2v) is 3.91. The summed E-state index contributed by atoms with van der Waals surface area (Å²) in [5, 5.41) is 3.30. The van der Waals surface area contributed by atoms with Crippen molar-refractivity contribution in [2.24, 2.45) is 0 Å². The zero-order chi connectivity index (χ0) is 10.8. The molecule has 0 bridgehead atoms. The Morgan fingerprint density at radius 2 is 2.38 bits per heavy atom. The summed E-state index contributed by atoms with van der Waals surface area (Å²) in [6.07, 6.45) is 3.52. The van der Waals surface area contributed by atoms with Gasteiger partial charge in [-0.25, -0.2) is 4.98 Å². The fourth-order valence-corrected chi connectivity index (χ4v) is 1.94. The van der Waals surface area contributed by atoms with Crippen LogP contribution < -0.4 is 5.32 Å². The average Bonchev–Trinajstić information content (AvgIpc) is 2.82. The van der Waals surface area contributed by atoms with Gasteiger partial charge in [0.15, 0.2) is 0 Å². The first kappa shape index (κ1) is 9.42. The van der Waals surface area contributed by atoms with Crippen LogP contribution in [0.1, 0.15) is 11.3 Å². The summed E-state index contributed by atoms with van der Waals surface area (Å²) in [5.74, 6) is 1.99. The third-order valence-electron chi connectivity index (χ3n) is 2.71. The predicted octanol–water partition coefficient (Wildman–Crippen LogP) is 2.06. The number of hydrogen-bond donors (Lipinski definition) is 1. The molecule has 0 saturated heterocycles. The van der Waals surface area contributed by atoms with Crippen LogP contribution >= 0.6 is 0 Å². The van der Waals surface area contributed by atoms with Gasteiger partial charge in [0.2, 0.25) is 0 Å². The third-order valence-corrected chi connectivity index (χ3v) is 2.71. The molecule has 0 atom stereocenters. The molecule has 3 heterocycles. The van der Waals surface area contributed by atoms with Crippen molar-refractivity contribution in [3.8, 4) is 0 Å². The van der Waals surface area contributed by atoms with Gasteiger partial charge in [-0.05, 0) is 18.2 Å². The summed E-state index contributed by atoms with van der Waals surface area (Å²) in [5.41, 5.74) is 1.24. The molecule has 2 aromatic heterocycles. The van der Waals surface area contributed by atoms with Crippen molar-refractivity contribution in [1.29, 1.82) is 0 Å². The Hall–Kier alpha value is -1.81. The summed E-state index contributed by atoms with van der Waals surface area (Å²) in [4.78, 5) is 6.57. The topological polar surface area (TPSA) is 41.3 Å². The number of fused-ring (bicyclic) bond motifs is 1. The molecule has 0 amide bonds. The second kappa shape index (κ2) is 3.98. The molecule has 4 nitrogen and oxygen atoms in total. The number of pyridine rings is 1. The van der Waals surface area contributed by atoms with Gasteiger partial charge in [-0.1, -0.05) is 6.07 Å². The molecule has 0 aliphatic carbocycles. The van der Waals surface area contributed by atoms with Crippen molar-refractivity contribution in [2.75, 3.05) is 12.0 Å². The second-order valence-electron chi connectivity index (χ2n) is 3.91. The van der Waals surface area contributed by atoms with Crippen LogP contribution in [0, 0.1) is 0 Å². The molecule has 1 aliphatic heterocycles. The van der Waals surface area contributed by atoms with E-state index in [1.54, 1.807) is 6.26 Å². The maximum atomic E-state index is 5.34. The highest BCUT2D eigenvalue weighted by molar-refractivity contribution is 5.45. The van der Waals surface area contributed by atoms with Gasteiger partial charge in [-0.15, -0.1) is 0 Å². The van der Waals surface area contributed by atoms with Gasteiger partial charge >= 0.3 is 0 Å². The van der Waals surface area contributed by atoms with Crippen LogP contribution in [0.2, 0.25) is 0 Å². The van der Waals surface area contributed by atoms with Gasteiger partial charge < -0.3 is 9.73 Å². The molecular weight excluding hydrogens is 202 g/mol. The first-order valence-corrected chi connectivity index (χ1v) is 5.34. The number of furan rings is 1. The van der Waals surface area contributed by atoms with Gasteiger partial charge in [0.05, 0.1) is 19.5 Å². The van der Waals surface area contributed by atoms with Crippen LogP contribution in [-0.4, -0.2) is 16.6 Å². The van der Waals surface area contributed by atoms with Crippen LogP contribution in [0.4, 0.5) is 5.82 Å². The zero-order valence-corrected chi connectivity index (χ0v) is 8.89. The zero-order valence-electron chi connectivity index (χ0n) is 8.89. The normalized spacial score (nSPS) is 15.5. The summed E-state index contributed by atoms with van der Waals surface area (Å²) in [7, 11) is 0. The summed E-state index contributed by atoms with van der Waals surface area (Å²) in [6.45, 7) is 2.55. The Bertz CT molecular complexity index is 467. The van der Waals surface area contributed by atoms with E-state index in [9.17, 15) is 0 Å². The van der Waals surface area contributed by atoms with Crippen molar-refractivity contribution >= 4 is 5.82 Å². The van der Waals surface area contributed by atoms with E-state index in [4.69, 9.17) is 4.42 Å². The molecule has 0 unspecified atom stereocenters. The molecule has 0 fully saturated rings. The van der Waals surface area contributed by atoms with Crippen molar-refractivity contribution in [3.05, 3.63) is 48.0 Å². The quantitative estimate of drug-likeness (QED) is 0.832. The summed E-state index contributed by atoms with van der Waals surface area (Å²) < 4.78 is 5.34. The molecule has 3 rings (SSSR count). The van der Waals surface area contributed by atoms with Crippen molar-refractivity contribution in [2.45, 2.75) is 13.1 Å². The molecule has 0 aromatic carbocycles. The van der Waals surface area contributed by atoms with Crippen LogP contribution in [0.5, 0.6) is 0 Å². The van der Waals surface area contributed by atoms with E-state index < -0.39 is 0 Å². The lowest BCUT2D eigenvalue weighted by atomic mass is 10.2. The Kier molecular flexibility index (Phi) is 2.34. The SMILES string of the molecule is c1coc(CN2CNc3ncccc3C2)c1. The van der Waals surface area contributed by atoms with Crippen molar-refractivity contribution < 1.29 is 4.42 Å². The maximum Gasteiger partial charge on any atom is 0.131 e. The van der Waals surface area contributed by atoms with Crippen LogP contribution in [0.15, 0.2) is 41.1 Å². The van der Waals surface area contributed by atoms with E-state index in [1.807, 2.05) is 24.4 Å². The van der Waals surface area contributed by atoms with Crippen LogP contribution in [-0.2, 0) is 13.1 Å². The molecule has 16 heavy (non-hydrogen) atoms. The van der Waals surface area contributed by atoms with Crippen molar-refractivity contribution in [1.82, 2.24) is 9.88 Å². The van der Waals surface area contributed by atoms with Gasteiger partial charge in [-0.2, -0.15) is 0 Å². The lowest BCUT2D eigenvalue weighted by Gasteiger charge is -2.28. The Balaban J connectivity index is 1.73. The predicted molar refractivity (Wildman–Crippen MR) is 60.7 cm³/mol. The summed E-state index contributed by atoms with van der Waals surface area (Å²) >= 11 is 0. The lowest BCUT2D eigenvalue weighted by Crippen LogP contribution is -2.33. The fourth-order valence-electron chi connectivity index (χ4n) is 1.94. The van der Waals surface area contributed by atoms with E-state index in [0.717, 1.165) is 31.3 Å². The molecule has 0 radical (unpaired) electrons. The average molecular weight is 215 g/mol. The van der Waals surface area contributed by atoms with Crippen LogP contribution in [0.3, 0.4) is 0 Å². The van der Waals surface area contributed by atoms with E-state index >= 15 is 0 Å². The number of rotatable bonds is 2. The standard InChI is InChI=1S/C12H13N3O/c1-3-10-7-15(8-11-4-2-6-16-11)9-14-12(10)13-5-1/h1-6H,7-9H2,(H,13,14). The van der Waals surface area contributed by atoms with E-state index in [1.165, 1.54) is 5.56 Å². The Labute approximate surface area is 93.9 Å². The van der Waals surface area contributed by atoms with Gasteiger partial charge in [0.1, 0.15) is 11.6 Å². The molecule has 0 saturated carbocycles. The molecule has 2 aromatic rings. The first-order valence-electron chi connectivity index (χ1n) is 5.34. The largest absolute Gasteiger partial charge is 0.468 e. The number of nitrogens with one attached hydrogen (secondary N) is 1. The molecular formula is C12H13N3O. The van der Waals surface area contributed by atoms with Crippen molar-refractivity contribution in [3.63, 3.8) is 0 Å². The maximum absolute atomic E-state index is 5.34. The van der Waals surface area contributed by atoms with E-state index in [0.29, 0.717) is 0 Å². The highest BCUT2D eigenvalue weighted by atomic mass is 16.3. The first-order chi connectivity index (χ1) is 7.92. The minimum atomic E-state index is 0.810. The Morgan fingerprint density at radius 1 is 1.38 bits per heavy atom. The van der Waals surface area contributed by atoms with Gasteiger partial charge in [0.25, 0.3) is 0 Å². The number of nitrogens with zero attached hydrogens (tertiary/aromatic N) is 2.